The average Bonchev–Trinajstić information content (AvgIpc) is 2.50. The normalized spacial score (nSPS) is 11.1. The van der Waals surface area contributed by atoms with Gasteiger partial charge in [-0.1, -0.05) is 11.8 Å². The van der Waals surface area contributed by atoms with E-state index in [9.17, 15) is 17.6 Å². The van der Waals surface area contributed by atoms with Crippen LogP contribution in [0.15, 0.2) is 22.1 Å². The number of thioether (sulfide) groups is 1. The van der Waals surface area contributed by atoms with Crippen molar-refractivity contribution < 1.29 is 12.8 Å². The van der Waals surface area contributed by atoms with Crippen LogP contribution in [0.3, 0.4) is 0 Å². The Kier molecular flexibility index (Phi) is 4.76. The van der Waals surface area contributed by atoms with Gasteiger partial charge < -0.3 is 5.84 Å². The van der Waals surface area contributed by atoms with E-state index in [2.05, 4.69) is 14.9 Å². The number of nitrogens with two attached hydrogens (primary N) is 1. The topological polar surface area (TPSA) is 144 Å². The number of nitrogen functional groups attached to an aromatic ring is 1. The Morgan fingerprint density at radius 1 is 1.42 bits per heavy atom. The van der Waals surface area contributed by atoms with Gasteiger partial charge in [0.15, 0.2) is 5.69 Å². The predicted molar refractivity (Wildman–Crippen MR) is 86.8 cm³/mol. The lowest BCUT2D eigenvalue weighted by molar-refractivity contribution is 0.606. The number of hydrogen-bond donors (Lipinski definition) is 2. The first-order valence-corrected chi connectivity index (χ1v) is 9.30. The van der Waals surface area contributed by atoms with E-state index in [0.717, 1.165) is 30.2 Å². The molecular weight excluding hydrogens is 359 g/mol. The number of benzene rings is 1. The van der Waals surface area contributed by atoms with E-state index in [1.807, 2.05) is 0 Å². The van der Waals surface area contributed by atoms with Crippen molar-refractivity contribution in [2.45, 2.75) is 5.16 Å². The molecule has 1 aromatic heterocycles. The van der Waals surface area contributed by atoms with Crippen molar-refractivity contribution in [3.8, 4) is 17.3 Å². The molecule has 0 radical (unpaired) electrons. The number of nitrogens with one attached hydrogen (secondary N) is 1. The molecule has 0 aliphatic rings. The molecule has 0 atom stereocenters. The number of rotatable bonds is 4. The monoisotopic (exact) mass is 370 g/mol. The molecule has 0 saturated heterocycles. The van der Waals surface area contributed by atoms with Crippen LogP contribution in [-0.2, 0) is 10.0 Å². The van der Waals surface area contributed by atoms with Crippen molar-refractivity contribution in [1.82, 2.24) is 14.9 Å². The highest BCUT2D eigenvalue weighted by Gasteiger charge is 2.19. The van der Waals surface area contributed by atoms with Crippen LogP contribution in [0.25, 0.3) is 11.3 Å². The van der Waals surface area contributed by atoms with Crippen molar-refractivity contribution in [1.29, 1.82) is 5.26 Å². The van der Waals surface area contributed by atoms with E-state index in [1.165, 1.54) is 0 Å². The molecule has 0 aliphatic carbocycles. The lowest BCUT2D eigenvalue weighted by atomic mass is 10.1. The summed E-state index contributed by atoms with van der Waals surface area (Å²) in [6.45, 7) is 0. The van der Waals surface area contributed by atoms with Gasteiger partial charge >= 0.3 is 0 Å². The Morgan fingerprint density at radius 2 is 2.08 bits per heavy atom. The van der Waals surface area contributed by atoms with Gasteiger partial charge in [-0.3, -0.25) is 9.52 Å². The Hall–Kier alpha value is -2.65. The van der Waals surface area contributed by atoms with E-state index < -0.39 is 27.1 Å². The first-order chi connectivity index (χ1) is 11.2. The summed E-state index contributed by atoms with van der Waals surface area (Å²) in [7, 11) is -3.72. The van der Waals surface area contributed by atoms with Gasteiger partial charge in [0, 0.05) is 5.56 Å². The van der Waals surface area contributed by atoms with Gasteiger partial charge in [0.1, 0.15) is 11.9 Å². The fourth-order valence-electron chi connectivity index (χ4n) is 1.82. The summed E-state index contributed by atoms with van der Waals surface area (Å²) in [5.41, 5.74) is -1.99. The van der Waals surface area contributed by atoms with Crippen LogP contribution in [-0.4, -0.2) is 35.8 Å². The minimum atomic E-state index is -3.72. The van der Waals surface area contributed by atoms with Crippen molar-refractivity contribution >= 4 is 27.5 Å². The van der Waals surface area contributed by atoms with Gasteiger partial charge in [0.25, 0.3) is 5.56 Å². The van der Waals surface area contributed by atoms with Crippen molar-refractivity contribution in [2.75, 3.05) is 23.1 Å². The molecule has 0 aliphatic heterocycles. The molecule has 2 aromatic rings. The third-order valence-electron chi connectivity index (χ3n) is 2.82. The lowest BCUT2D eigenvalue weighted by Gasteiger charge is -2.10. The highest BCUT2D eigenvalue weighted by molar-refractivity contribution is 7.98. The van der Waals surface area contributed by atoms with Gasteiger partial charge in [-0.15, -0.1) is 10.2 Å². The van der Waals surface area contributed by atoms with Gasteiger partial charge in [-0.2, -0.15) is 9.94 Å². The molecule has 2 rings (SSSR count). The number of nitrogens with zero attached hydrogens (tertiary/aromatic N) is 4. The molecule has 9 nitrogen and oxygen atoms in total. The molecule has 24 heavy (non-hydrogen) atoms. The largest absolute Gasteiger partial charge is 0.334 e. The molecule has 0 spiro atoms. The summed E-state index contributed by atoms with van der Waals surface area (Å²) in [6, 6.07) is 3.47. The Morgan fingerprint density at radius 3 is 2.62 bits per heavy atom. The summed E-state index contributed by atoms with van der Waals surface area (Å²) in [6.07, 6.45) is 2.50. The summed E-state index contributed by atoms with van der Waals surface area (Å²) in [4.78, 5) is 12.2. The molecule has 1 heterocycles. The zero-order valence-corrected chi connectivity index (χ0v) is 14.1. The second-order valence-corrected chi connectivity index (χ2v) is 7.10. The van der Waals surface area contributed by atoms with Crippen LogP contribution in [0.4, 0.5) is 10.1 Å². The molecule has 0 amide bonds. The van der Waals surface area contributed by atoms with Crippen LogP contribution in [0, 0.1) is 17.1 Å². The molecule has 0 saturated carbocycles. The molecule has 12 heteroatoms. The Balaban J connectivity index is 2.73. The van der Waals surface area contributed by atoms with Gasteiger partial charge in [0.2, 0.25) is 15.2 Å². The van der Waals surface area contributed by atoms with Crippen molar-refractivity contribution in [3.05, 3.63) is 33.9 Å². The van der Waals surface area contributed by atoms with Crippen LogP contribution < -0.4 is 16.1 Å². The number of nitriles is 1. The smallest absolute Gasteiger partial charge is 0.299 e. The molecule has 126 valence electrons. The van der Waals surface area contributed by atoms with Gasteiger partial charge in [0.05, 0.1) is 17.5 Å². The third kappa shape index (κ3) is 3.47. The molecular formula is C12H11FN6O3S2. The standard InChI is InChI=1S/C12H11FN6O3S2/c1-23-12-17-16-10(11(20)19(12)15)7-4-9(18-24(2,21)22)6(5-14)3-8(7)13/h3-4,18H,15H2,1-2H3. The minimum absolute atomic E-state index is 0.118. The predicted octanol–water partition coefficient (Wildman–Crippen LogP) is 0.123. The molecule has 0 unspecified atom stereocenters. The maximum absolute atomic E-state index is 14.2. The van der Waals surface area contributed by atoms with E-state index in [4.69, 9.17) is 11.1 Å². The Bertz CT molecular complexity index is 1010. The highest BCUT2D eigenvalue weighted by atomic mass is 32.2. The third-order valence-corrected chi connectivity index (χ3v) is 4.06. The zero-order chi connectivity index (χ0) is 18.1. The van der Waals surface area contributed by atoms with E-state index in [-0.39, 0.29) is 22.0 Å². The zero-order valence-electron chi connectivity index (χ0n) is 12.4. The van der Waals surface area contributed by atoms with Crippen molar-refractivity contribution in [2.24, 2.45) is 0 Å². The fourth-order valence-corrected chi connectivity index (χ4v) is 2.79. The second kappa shape index (κ2) is 6.46. The SMILES string of the molecule is CSc1nnc(-c2cc(NS(C)(=O)=O)c(C#N)cc2F)c(=O)n1N. The van der Waals surface area contributed by atoms with Crippen molar-refractivity contribution in [3.63, 3.8) is 0 Å². The highest BCUT2D eigenvalue weighted by Crippen LogP contribution is 2.26. The fraction of sp³-hybridized carbons (Fsp3) is 0.167. The first kappa shape index (κ1) is 17.7. The number of halogens is 1. The maximum Gasteiger partial charge on any atom is 0.299 e. The average molecular weight is 370 g/mol. The molecule has 0 fully saturated rings. The van der Waals surface area contributed by atoms with Crippen LogP contribution >= 0.6 is 11.8 Å². The van der Waals surface area contributed by atoms with Crippen LogP contribution in [0.2, 0.25) is 0 Å². The maximum atomic E-state index is 14.2. The van der Waals surface area contributed by atoms with E-state index in [0.29, 0.717) is 4.68 Å². The summed E-state index contributed by atoms with van der Waals surface area (Å²) in [5.74, 6) is 4.64. The van der Waals surface area contributed by atoms with E-state index in [1.54, 1.807) is 12.3 Å². The second-order valence-electron chi connectivity index (χ2n) is 4.57. The van der Waals surface area contributed by atoms with E-state index >= 15 is 0 Å². The number of sulfonamides is 1. The van der Waals surface area contributed by atoms with Gasteiger partial charge in [-0.05, 0) is 18.4 Å². The van der Waals surface area contributed by atoms with Crippen LogP contribution in [0.5, 0.6) is 0 Å². The summed E-state index contributed by atoms with van der Waals surface area (Å²) < 4.78 is 39.8. The molecule has 3 N–H and O–H groups in total. The summed E-state index contributed by atoms with van der Waals surface area (Å²) in [5, 5.41) is 16.5. The molecule has 1 aromatic carbocycles. The molecule has 0 bridgehead atoms. The Labute approximate surface area is 140 Å². The first-order valence-electron chi connectivity index (χ1n) is 6.18. The van der Waals surface area contributed by atoms with Gasteiger partial charge in [-0.25, -0.2) is 12.8 Å². The quantitative estimate of drug-likeness (QED) is 0.570. The number of hydrogen-bond acceptors (Lipinski definition) is 8. The van der Waals surface area contributed by atoms with Crippen LogP contribution in [0.1, 0.15) is 5.56 Å². The number of anilines is 1. The lowest BCUT2D eigenvalue weighted by Crippen LogP contribution is -2.32. The number of aromatic nitrogens is 3. The summed E-state index contributed by atoms with van der Waals surface area (Å²) >= 11 is 1.07. The minimum Gasteiger partial charge on any atom is -0.334 e.